The van der Waals surface area contributed by atoms with E-state index in [1.54, 1.807) is 12.1 Å². The van der Waals surface area contributed by atoms with Crippen molar-refractivity contribution in [3.63, 3.8) is 0 Å². The van der Waals surface area contributed by atoms with Crippen molar-refractivity contribution in [1.29, 1.82) is 0 Å². The molecule has 27 heavy (non-hydrogen) atoms. The maximum atomic E-state index is 10.0. The van der Waals surface area contributed by atoms with Crippen LogP contribution in [0.1, 0.15) is 11.1 Å². The van der Waals surface area contributed by atoms with Crippen molar-refractivity contribution >= 4 is 17.0 Å². The number of phenols is 1. The number of aromatic amines is 1. The number of rotatable bonds is 5. The number of aromatic nitrogens is 4. The fourth-order valence-electron chi connectivity index (χ4n) is 2.99. The fraction of sp³-hybridized carbons (Fsp3) is 0.150. The van der Waals surface area contributed by atoms with Crippen molar-refractivity contribution in [2.45, 2.75) is 13.2 Å². The molecule has 136 valence electrons. The molecule has 0 spiro atoms. The normalized spacial score (nSPS) is 11.0. The largest absolute Gasteiger partial charge is 0.508 e. The number of nitrogens with zero attached hydrogens (tertiary/aromatic N) is 4. The van der Waals surface area contributed by atoms with Gasteiger partial charge in [0.2, 0.25) is 0 Å². The van der Waals surface area contributed by atoms with Gasteiger partial charge in [0, 0.05) is 24.7 Å². The first-order valence-corrected chi connectivity index (χ1v) is 8.54. The molecule has 4 rings (SSSR count). The summed E-state index contributed by atoms with van der Waals surface area (Å²) in [4.78, 5) is 18.5. The van der Waals surface area contributed by atoms with Crippen LogP contribution in [-0.4, -0.2) is 37.2 Å². The number of para-hydroxylation sites is 1. The lowest BCUT2D eigenvalue weighted by molar-refractivity contribution is 0.282. The van der Waals surface area contributed by atoms with Crippen LogP contribution in [0.5, 0.6) is 5.75 Å². The van der Waals surface area contributed by atoms with Gasteiger partial charge in [0.25, 0.3) is 0 Å². The minimum absolute atomic E-state index is 0.00710. The highest BCUT2D eigenvalue weighted by molar-refractivity contribution is 5.85. The van der Waals surface area contributed by atoms with Crippen molar-refractivity contribution in [3.05, 3.63) is 66.0 Å². The Hall–Kier alpha value is -3.45. The zero-order valence-corrected chi connectivity index (χ0v) is 14.8. The zero-order valence-electron chi connectivity index (χ0n) is 14.8. The smallest absolute Gasteiger partial charge is 0.183 e. The van der Waals surface area contributed by atoms with Crippen molar-refractivity contribution in [2.75, 3.05) is 11.9 Å². The second kappa shape index (κ2) is 7.05. The van der Waals surface area contributed by atoms with Gasteiger partial charge < -0.3 is 20.1 Å². The molecule has 7 nitrogen and oxygen atoms in total. The van der Waals surface area contributed by atoms with Crippen LogP contribution < -0.4 is 4.90 Å². The Labute approximate surface area is 156 Å². The maximum Gasteiger partial charge on any atom is 0.183 e. The highest BCUT2D eigenvalue weighted by Crippen LogP contribution is 2.27. The van der Waals surface area contributed by atoms with Gasteiger partial charge in [-0.3, -0.25) is 0 Å². The fourth-order valence-corrected chi connectivity index (χ4v) is 2.99. The van der Waals surface area contributed by atoms with Crippen molar-refractivity contribution in [1.82, 2.24) is 19.9 Å². The Morgan fingerprint density at radius 2 is 1.81 bits per heavy atom. The molecule has 2 aromatic carbocycles. The van der Waals surface area contributed by atoms with E-state index in [0.29, 0.717) is 23.8 Å². The van der Waals surface area contributed by atoms with Crippen LogP contribution >= 0.6 is 0 Å². The van der Waals surface area contributed by atoms with E-state index in [0.717, 1.165) is 22.2 Å². The summed E-state index contributed by atoms with van der Waals surface area (Å²) in [5.74, 6) is 1.64. The summed E-state index contributed by atoms with van der Waals surface area (Å²) >= 11 is 0. The van der Waals surface area contributed by atoms with Crippen molar-refractivity contribution in [2.24, 2.45) is 0 Å². The Morgan fingerprint density at radius 1 is 1.04 bits per heavy atom. The third kappa shape index (κ3) is 3.32. The minimum atomic E-state index is 0.00710. The molecule has 4 aromatic rings. The van der Waals surface area contributed by atoms with Gasteiger partial charge in [-0.1, -0.05) is 42.5 Å². The van der Waals surface area contributed by atoms with E-state index >= 15 is 0 Å². The molecule has 0 aliphatic heterocycles. The summed E-state index contributed by atoms with van der Waals surface area (Å²) in [6.07, 6.45) is 1.48. The molecule has 3 N–H and O–H groups in total. The number of aliphatic hydroxyl groups is 1. The number of imidazole rings is 1. The predicted octanol–water partition coefficient (Wildman–Crippen LogP) is 2.85. The summed E-state index contributed by atoms with van der Waals surface area (Å²) in [5, 5.41) is 19.2. The summed E-state index contributed by atoms with van der Waals surface area (Å²) in [7, 11) is 1.91. The predicted molar refractivity (Wildman–Crippen MR) is 103 cm³/mol. The van der Waals surface area contributed by atoms with Gasteiger partial charge in [0.15, 0.2) is 11.5 Å². The lowest BCUT2D eigenvalue weighted by Crippen LogP contribution is -2.18. The summed E-state index contributed by atoms with van der Waals surface area (Å²) in [6, 6.07) is 14.8. The number of H-pyrrole nitrogens is 1. The number of hydrogen-bond donors (Lipinski definition) is 3. The van der Waals surface area contributed by atoms with Crippen LogP contribution in [0.4, 0.5) is 5.82 Å². The number of anilines is 1. The molecule has 0 unspecified atom stereocenters. The molecule has 0 aliphatic rings. The second-order valence-electron chi connectivity index (χ2n) is 6.32. The standard InChI is InChI=1S/C20H19N5O2/c1-25(10-15-4-2-3-5-16(15)27)20-17-19(21-12-22-20)24-18(23-17)14-8-6-13(11-26)7-9-14/h2-9,12,26-27H,10-11H2,1H3,(H,21,22,23,24). The van der Waals surface area contributed by atoms with Crippen LogP contribution in [0.3, 0.4) is 0 Å². The molecule has 0 amide bonds. The maximum absolute atomic E-state index is 10.0. The van der Waals surface area contributed by atoms with Gasteiger partial charge >= 0.3 is 0 Å². The summed E-state index contributed by atoms with van der Waals surface area (Å²) in [6.45, 7) is 0.505. The zero-order chi connectivity index (χ0) is 18.8. The van der Waals surface area contributed by atoms with Crippen LogP contribution in [0.2, 0.25) is 0 Å². The average Bonchev–Trinajstić information content (AvgIpc) is 3.14. The van der Waals surface area contributed by atoms with Gasteiger partial charge in [-0.2, -0.15) is 0 Å². The first kappa shape index (κ1) is 17.0. The number of hydrogen-bond acceptors (Lipinski definition) is 6. The van der Waals surface area contributed by atoms with E-state index in [9.17, 15) is 10.2 Å². The number of aromatic hydroxyl groups is 1. The first-order chi connectivity index (χ1) is 13.2. The van der Waals surface area contributed by atoms with Crippen LogP contribution in [0, 0.1) is 0 Å². The number of benzene rings is 2. The number of phenolic OH excluding ortho intramolecular Hbond substituents is 1. The van der Waals surface area contributed by atoms with E-state index in [1.165, 1.54) is 6.33 Å². The summed E-state index contributed by atoms with van der Waals surface area (Å²) < 4.78 is 0. The van der Waals surface area contributed by atoms with Crippen molar-refractivity contribution < 1.29 is 10.2 Å². The lowest BCUT2D eigenvalue weighted by atomic mass is 10.1. The number of aliphatic hydroxyl groups excluding tert-OH is 1. The minimum Gasteiger partial charge on any atom is -0.508 e. The van der Waals surface area contributed by atoms with E-state index < -0.39 is 0 Å². The molecule has 0 atom stereocenters. The monoisotopic (exact) mass is 361 g/mol. The Morgan fingerprint density at radius 3 is 2.56 bits per heavy atom. The molecule has 0 aliphatic carbocycles. The lowest BCUT2D eigenvalue weighted by Gasteiger charge is -2.18. The van der Waals surface area contributed by atoms with E-state index in [-0.39, 0.29) is 12.4 Å². The van der Waals surface area contributed by atoms with Crippen LogP contribution in [-0.2, 0) is 13.2 Å². The average molecular weight is 361 g/mol. The summed E-state index contributed by atoms with van der Waals surface area (Å²) in [5.41, 5.74) is 3.87. The van der Waals surface area contributed by atoms with E-state index in [1.807, 2.05) is 48.3 Å². The third-order valence-electron chi connectivity index (χ3n) is 4.44. The Balaban J connectivity index is 1.69. The molecular formula is C20H19N5O2. The molecule has 0 saturated carbocycles. The first-order valence-electron chi connectivity index (χ1n) is 8.54. The highest BCUT2D eigenvalue weighted by atomic mass is 16.3. The second-order valence-corrected chi connectivity index (χ2v) is 6.32. The molecule has 0 radical (unpaired) electrons. The molecule has 0 fully saturated rings. The quantitative estimate of drug-likeness (QED) is 0.506. The molecule has 7 heteroatoms. The molecule has 2 heterocycles. The Bertz CT molecular complexity index is 1080. The van der Waals surface area contributed by atoms with E-state index in [4.69, 9.17) is 0 Å². The van der Waals surface area contributed by atoms with Gasteiger partial charge in [0.1, 0.15) is 23.4 Å². The van der Waals surface area contributed by atoms with Crippen LogP contribution in [0.25, 0.3) is 22.6 Å². The molecule has 2 aromatic heterocycles. The molecular weight excluding hydrogens is 342 g/mol. The Kier molecular flexibility index (Phi) is 4.43. The molecule has 0 saturated heterocycles. The van der Waals surface area contributed by atoms with Gasteiger partial charge in [-0.25, -0.2) is 15.0 Å². The number of fused-ring (bicyclic) bond motifs is 1. The molecule has 0 bridgehead atoms. The third-order valence-corrected chi connectivity index (χ3v) is 4.44. The topological polar surface area (TPSA) is 98.2 Å². The van der Waals surface area contributed by atoms with Gasteiger partial charge in [-0.05, 0) is 11.6 Å². The number of nitrogens with one attached hydrogen (secondary N) is 1. The SMILES string of the molecule is CN(Cc1ccccc1O)c1ncnc2nc(-c3ccc(CO)cc3)[nH]c12. The van der Waals surface area contributed by atoms with Gasteiger partial charge in [0.05, 0.1) is 6.61 Å². The highest BCUT2D eigenvalue weighted by Gasteiger charge is 2.15. The van der Waals surface area contributed by atoms with Crippen molar-refractivity contribution in [3.8, 4) is 17.1 Å². The van der Waals surface area contributed by atoms with Crippen LogP contribution in [0.15, 0.2) is 54.9 Å². The van der Waals surface area contributed by atoms with E-state index in [2.05, 4.69) is 19.9 Å². The van der Waals surface area contributed by atoms with Gasteiger partial charge in [-0.15, -0.1) is 0 Å².